The first-order chi connectivity index (χ1) is 10.8. The number of pyridine rings is 1. The lowest BCUT2D eigenvalue weighted by Crippen LogP contribution is -2.47. The van der Waals surface area contributed by atoms with Crippen molar-refractivity contribution in [1.82, 2.24) is 9.88 Å². The number of hydrogen-bond acceptors (Lipinski definition) is 4. The summed E-state index contributed by atoms with van der Waals surface area (Å²) < 4.78 is 13.0. The van der Waals surface area contributed by atoms with E-state index in [1.165, 1.54) is 12.1 Å². The number of nitriles is 1. The summed E-state index contributed by atoms with van der Waals surface area (Å²) in [7, 11) is 0. The predicted octanol–water partition coefficient (Wildman–Crippen LogP) is 2.61. The highest BCUT2D eigenvalue weighted by Crippen LogP contribution is 2.22. The van der Waals surface area contributed by atoms with Gasteiger partial charge in [-0.15, -0.1) is 0 Å². The minimum Gasteiger partial charge on any atom is -0.369 e. The van der Waals surface area contributed by atoms with E-state index in [4.69, 9.17) is 0 Å². The van der Waals surface area contributed by atoms with Gasteiger partial charge in [-0.1, -0.05) is 6.07 Å². The Labute approximate surface area is 129 Å². The highest BCUT2D eigenvalue weighted by atomic mass is 19.1. The van der Waals surface area contributed by atoms with Gasteiger partial charge < -0.3 is 4.90 Å². The van der Waals surface area contributed by atoms with Crippen molar-refractivity contribution < 1.29 is 4.39 Å². The van der Waals surface area contributed by atoms with E-state index in [0.29, 0.717) is 0 Å². The molecular formula is C17H17FN4. The van der Waals surface area contributed by atoms with E-state index in [1.54, 1.807) is 18.3 Å². The third-order valence-electron chi connectivity index (χ3n) is 3.96. The molecule has 1 saturated heterocycles. The van der Waals surface area contributed by atoms with Crippen molar-refractivity contribution in [2.75, 3.05) is 31.1 Å². The highest BCUT2D eigenvalue weighted by Gasteiger charge is 2.25. The standard InChI is InChI=1S/C17H17FN4/c18-14-4-6-15(7-5-14)21-9-11-22(12-10-21)17(13-19)16-3-1-2-8-20-16/h1-8,17H,9-12H2. The molecule has 112 valence electrons. The summed E-state index contributed by atoms with van der Waals surface area (Å²) in [5.74, 6) is -0.220. The van der Waals surface area contributed by atoms with E-state index in [2.05, 4.69) is 20.9 Å². The normalized spacial score (nSPS) is 17.0. The van der Waals surface area contributed by atoms with Gasteiger partial charge >= 0.3 is 0 Å². The molecule has 0 amide bonds. The van der Waals surface area contributed by atoms with Crippen molar-refractivity contribution in [3.05, 3.63) is 60.2 Å². The first kappa shape index (κ1) is 14.5. The first-order valence-corrected chi connectivity index (χ1v) is 7.33. The third kappa shape index (κ3) is 3.07. The van der Waals surface area contributed by atoms with Gasteiger partial charge in [0.15, 0.2) is 0 Å². The van der Waals surface area contributed by atoms with Gasteiger partial charge in [-0.05, 0) is 36.4 Å². The summed E-state index contributed by atoms with van der Waals surface area (Å²) in [5, 5.41) is 9.46. The molecule has 1 fully saturated rings. The molecular weight excluding hydrogens is 279 g/mol. The zero-order valence-corrected chi connectivity index (χ0v) is 12.2. The van der Waals surface area contributed by atoms with Crippen LogP contribution in [0.4, 0.5) is 10.1 Å². The molecule has 0 N–H and O–H groups in total. The van der Waals surface area contributed by atoms with Crippen LogP contribution in [0, 0.1) is 17.1 Å². The van der Waals surface area contributed by atoms with Crippen LogP contribution in [0.15, 0.2) is 48.7 Å². The minimum absolute atomic E-state index is 0.220. The zero-order valence-electron chi connectivity index (χ0n) is 12.2. The summed E-state index contributed by atoms with van der Waals surface area (Å²) in [4.78, 5) is 8.64. The molecule has 2 heterocycles. The van der Waals surface area contributed by atoms with E-state index >= 15 is 0 Å². The van der Waals surface area contributed by atoms with Crippen molar-refractivity contribution in [2.45, 2.75) is 6.04 Å². The number of piperazine rings is 1. The van der Waals surface area contributed by atoms with E-state index < -0.39 is 0 Å². The lowest BCUT2D eigenvalue weighted by Gasteiger charge is -2.37. The zero-order chi connectivity index (χ0) is 15.4. The fraction of sp³-hybridized carbons (Fsp3) is 0.294. The average molecular weight is 296 g/mol. The minimum atomic E-state index is -0.309. The van der Waals surface area contributed by atoms with Crippen molar-refractivity contribution in [1.29, 1.82) is 5.26 Å². The number of rotatable bonds is 3. The van der Waals surface area contributed by atoms with Crippen LogP contribution in [-0.2, 0) is 0 Å². The third-order valence-corrected chi connectivity index (χ3v) is 3.96. The topological polar surface area (TPSA) is 43.2 Å². The number of halogens is 1. The number of hydrogen-bond donors (Lipinski definition) is 0. The van der Waals surface area contributed by atoms with Crippen molar-refractivity contribution >= 4 is 5.69 Å². The molecule has 0 bridgehead atoms. The summed E-state index contributed by atoms with van der Waals surface area (Å²) in [6.45, 7) is 3.20. The maximum absolute atomic E-state index is 13.0. The van der Waals surface area contributed by atoms with Crippen LogP contribution in [-0.4, -0.2) is 36.1 Å². The number of benzene rings is 1. The molecule has 2 aromatic rings. The van der Waals surface area contributed by atoms with Crippen LogP contribution in [0.3, 0.4) is 0 Å². The second kappa shape index (κ2) is 6.54. The molecule has 3 rings (SSSR count). The summed E-state index contributed by atoms with van der Waals surface area (Å²) >= 11 is 0. The number of anilines is 1. The van der Waals surface area contributed by atoms with Crippen LogP contribution in [0.2, 0.25) is 0 Å². The first-order valence-electron chi connectivity index (χ1n) is 7.33. The molecule has 22 heavy (non-hydrogen) atoms. The van der Waals surface area contributed by atoms with Gasteiger partial charge in [-0.2, -0.15) is 5.26 Å². The molecule has 0 aliphatic carbocycles. The molecule has 1 aromatic carbocycles. The van der Waals surface area contributed by atoms with Crippen molar-refractivity contribution in [2.24, 2.45) is 0 Å². The van der Waals surface area contributed by atoms with Gasteiger partial charge in [0.1, 0.15) is 11.9 Å². The maximum atomic E-state index is 13.0. The molecule has 1 atom stereocenters. The van der Waals surface area contributed by atoms with Crippen molar-refractivity contribution in [3.8, 4) is 6.07 Å². The van der Waals surface area contributed by atoms with Gasteiger partial charge in [-0.3, -0.25) is 9.88 Å². The lowest BCUT2D eigenvalue weighted by molar-refractivity contribution is 0.219. The van der Waals surface area contributed by atoms with Gasteiger partial charge in [0.25, 0.3) is 0 Å². The van der Waals surface area contributed by atoms with E-state index in [1.807, 2.05) is 18.2 Å². The molecule has 1 unspecified atom stereocenters. The molecule has 5 heteroatoms. The number of nitrogens with zero attached hydrogens (tertiary/aromatic N) is 4. The van der Waals surface area contributed by atoms with Gasteiger partial charge in [0, 0.05) is 38.1 Å². The van der Waals surface area contributed by atoms with Gasteiger partial charge in [0.05, 0.1) is 11.8 Å². The van der Waals surface area contributed by atoms with Crippen LogP contribution < -0.4 is 4.90 Å². The second-order valence-electron chi connectivity index (χ2n) is 5.29. The second-order valence-corrected chi connectivity index (χ2v) is 5.29. The largest absolute Gasteiger partial charge is 0.369 e. The Bertz CT molecular complexity index is 643. The summed E-state index contributed by atoms with van der Waals surface area (Å²) in [6, 6.07) is 14.2. The van der Waals surface area contributed by atoms with E-state index in [0.717, 1.165) is 37.6 Å². The van der Waals surface area contributed by atoms with Crippen LogP contribution >= 0.6 is 0 Å². The number of aromatic nitrogens is 1. The Balaban J connectivity index is 1.66. The van der Waals surface area contributed by atoms with E-state index in [-0.39, 0.29) is 11.9 Å². The monoisotopic (exact) mass is 296 g/mol. The van der Waals surface area contributed by atoms with E-state index in [9.17, 15) is 9.65 Å². The molecule has 1 aliphatic rings. The quantitative estimate of drug-likeness (QED) is 0.873. The molecule has 0 spiro atoms. The fourth-order valence-electron chi connectivity index (χ4n) is 2.76. The Morgan fingerprint density at radius 3 is 2.36 bits per heavy atom. The Hall–Kier alpha value is -2.45. The average Bonchev–Trinajstić information content (AvgIpc) is 2.58. The van der Waals surface area contributed by atoms with Crippen molar-refractivity contribution in [3.63, 3.8) is 0 Å². The van der Waals surface area contributed by atoms with Crippen LogP contribution in [0.25, 0.3) is 0 Å². The van der Waals surface area contributed by atoms with Crippen LogP contribution in [0.5, 0.6) is 0 Å². The smallest absolute Gasteiger partial charge is 0.141 e. The van der Waals surface area contributed by atoms with Crippen LogP contribution in [0.1, 0.15) is 11.7 Å². The van der Waals surface area contributed by atoms with Gasteiger partial charge in [-0.25, -0.2) is 4.39 Å². The molecule has 0 saturated carbocycles. The Morgan fingerprint density at radius 2 is 1.77 bits per heavy atom. The lowest BCUT2D eigenvalue weighted by atomic mass is 10.1. The van der Waals surface area contributed by atoms with Gasteiger partial charge in [0.2, 0.25) is 0 Å². The predicted molar refractivity (Wildman–Crippen MR) is 82.8 cm³/mol. The molecule has 0 radical (unpaired) electrons. The highest BCUT2D eigenvalue weighted by molar-refractivity contribution is 5.46. The molecule has 1 aromatic heterocycles. The Morgan fingerprint density at radius 1 is 1.05 bits per heavy atom. The fourth-order valence-corrected chi connectivity index (χ4v) is 2.76. The maximum Gasteiger partial charge on any atom is 0.141 e. The molecule has 4 nitrogen and oxygen atoms in total. The molecule has 1 aliphatic heterocycles. The Kier molecular flexibility index (Phi) is 4.31. The SMILES string of the molecule is N#CC(c1ccccn1)N1CCN(c2ccc(F)cc2)CC1. The summed E-state index contributed by atoms with van der Waals surface area (Å²) in [6.07, 6.45) is 1.72. The summed E-state index contributed by atoms with van der Waals surface area (Å²) in [5.41, 5.74) is 1.81.